The Balaban J connectivity index is 1.72. The normalized spacial score (nSPS) is 13.0. The Morgan fingerprint density at radius 3 is 3.00 bits per heavy atom. The summed E-state index contributed by atoms with van der Waals surface area (Å²) in [5.74, 6) is 0.529. The first kappa shape index (κ1) is 16.6. The summed E-state index contributed by atoms with van der Waals surface area (Å²) in [5, 5.41) is 9.98. The van der Waals surface area contributed by atoms with E-state index in [1.54, 1.807) is 41.8 Å². The molecule has 0 saturated heterocycles. The van der Waals surface area contributed by atoms with E-state index < -0.39 is 12.6 Å². The number of benzene rings is 1. The van der Waals surface area contributed by atoms with E-state index in [9.17, 15) is 4.39 Å². The lowest BCUT2D eigenvalue weighted by molar-refractivity contribution is 0.140. The number of hydrogen-bond acceptors (Lipinski definition) is 6. The zero-order chi connectivity index (χ0) is 16.9. The smallest absolute Gasteiger partial charge is 0.220 e. The lowest BCUT2D eigenvalue weighted by Gasteiger charge is -2.11. The number of aryl methyl sites for hydroxylation is 1. The van der Waals surface area contributed by atoms with Crippen molar-refractivity contribution in [3.05, 3.63) is 40.2 Å². The van der Waals surface area contributed by atoms with E-state index in [4.69, 9.17) is 14.3 Å². The Kier molecular flexibility index (Phi) is 5.22. The Morgan fingerprint density at radius 1 is 1.42 bits per heavy atom. The highest BCUT2D eigenvalue weighted by molar-refractivity contribution is 7.12. The standard InChI is InChI=1S/C17H17FN2O3S/c1-11-19-8-14(24-11)3-5-17-20-15-4-2-13(6-16(15)23-17)22-10-12(7-18)9-21/h2-6,8,12,21H,7,9-10H2,1H3/b5-3+. The Hall–Kier alpha value is -2.25. The number of thiazole rings is 1. The van der Waals surface area contributed by atoms with Crippen molar-refractivity contribution in [2.75, 3.05) is 19.9 Å². The average molecular weight is 348 g/mol. The van der Waals surface area contributed by atoms with Gasteiger partial charge < -0.3 is 14.3 Å². The Morgan fingerprint density at radius 2 is 2.29 bits per heavy atom. The number of oxazole rings is 1. The molecule has 0 fully saturated rings. The van der Waals surface area contributed by atoms with Crippen LogP contribution in [0.5, 0.6) is 5.75 Å². The van der Waals surface area contributed by atoms with Gasteiger partial charge in [0.25, 0.3) is 0 Å². The summed E-state index contributed by atoms with van der Waals surface area (Å²) in [6.45, 7) is 1.21. The van der Waals surface area contributed by atoms with Crippen LogP contribution >= 0.6 is 11.3 Å². The largest absolute Gasteiger partial charge is 0.493 e. The van der Waals surface area contributed by atoms with Crippen molar-refractivity contribution in [2.45, 2.75) is 6.92 Å². The Labute approximate surface area is 142 Å². The van der Waals surface area contributed by atoms with Crippen molar-refractivity contribution >= 4 is 34.6 Å². The quantitative estimate of drug-likeness (QED) is 0.705. The van der Waals surface area contributed by atoms with E-state index in [0.29, 0.717) is 22.7 Å². The molecule has 5 nitrogen and oxygen atoms in total. The fourth-order valence-corrected chi connectivity index (χ4v) is 2.74. The second kappa shape index (κ2) is 7.55. The molecule has 1 atom stereocenters. The number of rotatable bonds is 7. The zero-order valence-corrected chi connectivity index (χ0v) is 13.9. The predicted octanol–water partition coefficient (Wildman–Crippen LogP) is 3.72. The molecule has 1 unspecified atom stereocenters. The van der Waals surface area contributed by atoms with Crippen LogP contribution in [0.2, 0.25) is 0 Å². The fraction of sp³-hybridized carbons (Fsp3) is 0.294. The van der Waals surface area contributed by atoms with Gasteiger partial charge in [-0.25, -0.2) is 9.97 Å². The molecule has 0 aliphatic carbocycles. The monoisotopic (exact) mass is 348 g/mol. The summed E-state index contributed by atoms with van der Waals surface area (Å²) in [6, 6.07) is 5.24. The van der Waals surface area contributed by atoms with Crippen LogP contribution in [0.3, 0.4) is 0 Å². The lowest BCUT2D eigenvalue weighted by Crippen LogP contribution is -2.17. The number of aliphatic hydroxyl groups excluding tert-OH is 1. The molecule has 2 heterocycles. The summed E-state index contributed by atoms with van der Waals surface area (Å²) in [6.07, 6.45) is 5.49. The number of aromatic nitrogens is 2. The van der Waals surface area contributed by atoms with Gasteiger partial charge in [0.2, 0.25) is 5.89 Å². The highest BCUT2D eigenvalue weighted by atomic mass is 32.1. The minimum Gasteiger partial charge on any atom is -0.493 e. The SMILES string of the molecule is Cc1ncc(/C=C/c2nc3ccc(OCC(CO)CF)cc3o2)s1. The Bertz CT molecular complexity index is 839. The zero-order valence-electron chi connectivity index (χ0n) is 13.1. The topological polar surface area (TPSA) is 68.4 Å². The van der Waals surface area contributed by atoms with Crippen LogP contribution < -0.4 is 4.74 Å². The molecule has 0 aliphatic rings. The highest BCUT2D eigenvalue weighted by Crippen LogP contribution is 2.23. The highest BCUT2D eigenvalue weighted by Gasteiger charge is 2.09. The number of hydrogen-bond donors (Lipinski definition) is 1. The fourth-order valence-electron chi connectivity index (χ4n) is 2.05. The summed E-state index contributed by atoms with van der Waals surface area (Å²) in [4.78, 5) is 9.59. The first-order valence-corrected chi connectivity index (χ1v) is 8.30. The van der Waals surface area contributed by atoms with Crippen LogP contribution in [0, 0.1) is 12.8 Å². The van der Waals surface area contributed by atoms with Crippen LogP contribution in [-0.4, -0.2) is 35.0 Å². The van der Waals surface area contributed by atoms with Crippen LogP contribution in [0.15, 0.2) is 28.8 Å². The molecule has 1 aromatic carbocycles. The van der Waals surface area contributed by atoms with Crippen molar-refractivity contribution in [3.63, 3.8) is 0 Å². The van der Waals surface area contributed by atoms with Crippen LogP contribution in [0.4, 0.5) is 4.39 Å². The van der Waals surface area contributed by atoms with Crippen LogP contribution in [0.25, 0.3) is 23.3 Å². The van der Waals surface area contributed by atoms with Gasteiger partial charge in [0.15, 0.2) is 5.58 Å². The van der Waals surface area contributed by atoms with E-state index in [0.717, 1.165) is 9.88 Å². The van der Waals surface area contributed by atoms with Gasteiger partial charge in [0.1, 0.15) is 11.3 Å². The molecule has 0 amide bonds. The van der Waals surface area contributed by atoms with Gasteiger partial charge in [-0.3, -0.25) is 4.39 Å². The van der Waals surface area contributed by atoms with Gasteiger partial charge in [-0.15, -0.1) is 11.3 Å². The van der Waals surface area contributed by atoms with Gasteiger partial charge in [0, 0.05) is 29.1 Å². The number of halogens is 1. The lowest BCUT2D eigenvalue weighted by atomic mass is 10.2. The van der Waals surface area contributed by atoms with Gasteiger partial charge in [0.05, 0.1) is 24.9 Å². The molecule has 3 rings (SSSR count). The second-order valence-corrected chi connectivity index (χ2v) is 6.58. The molecule has 0 aliphatic heterocycles. The van der Waals surface area contributed by atoms with Crippen molar-refractivity contribution in [1.82, 2.24) is 9.97 Å². The first-order valence-electron chi connectivity index (χ1n) is 7.48. The molecule has 7 heteroatoms. The van der Waals surface area contributed by atoms with Crippen LogP contribution in [-0.2, 0) is 0 Å². The first-order chi connectivity index (χ1) is 11.7. The van der Waals surface area contributed by atoms with E-state index in [1.165, 1.54) is 0 Å². The molecule has 126 valence electrons. The third-order valence-electron chi connectivity index (χ3n) is 3.37. The third kappa shape index (κ3) is 3.98. The number of alkyl halides is 1. The molecule has 3 aromatic rings. The molecule has 0 spiro atoms. The number of aliphatic hydroxyl groups is 1. The average Bonchev–Trinajstić information content (AvgIpc) is 3.19. The number of nitrogens with zero attached hydrogens (tertiary/aromatic N) is 2. The molecular weight excluding hydrogens is 331 g/mol. The third-order valence-corrected chi connectivity index (χ3v) is 4.25. The van der Waals surface area contributed by atoms with E-state index in [2.05, 4.69) is 9.97 Å². The van der Waals surface area contributed by atoms with Crippen LogP contribution in [0.1, 0.15) is 15.8 Å². The van der Waals surface area contributed by atoms with E-state index in [1.807, 2.05) is 13.0 Å². The maximum atomic E-state index is 12.6. The molecule has 1 N–H and O–H groups in total. The summed E-state index contributed by atoms with van der Waals surface area (Å²) in [5.41, 5.74) is 1.31. The van der Waals surface area contributed by atoms with Crippen molar-refractivity contribution in [1.29, 1.82) is 0 Å². The molecule has 0 radical (unpaired) electrons. The minimum absolute atomic E-state index is 0.115. The minimum atomic E-state index is -0.618. The van der Waals surface area contributed by atoms with E-state index >= 15 is 0 Å². The van der Waals surface area contributed by atoms with Gasteiger partial charge in [-0.1, -0.05) is 0 Å². The molecule has 0 bridgehead atoms. The number of ether oxygens (including phenoxy) is 1. The maximum Gasteiger partial charge on any atom is 0.220 e. The summed E-state index contributed by atoms with van der Waals surface area (Å²) >= 11 is 1.59. The molecule has 2 aromatic heterocycles. The second-order valence-electron chi connectivity index (χ2n) is 5.31. The van der Waals surface area contributed by atoms with Crippen molar-refractivity contribution in [3.8, 4) is 5.75 Å². The predicted molar refractivity (Wildman–Crippen MR) is 91.8 cm³/mol. The molecule has 0 saturated carbocycles. The molecular formula is C17H17FN2O3S. The number of fused-ring (bicyclic) bond motifs is 1. The van der Waals surface area contributed by atoms with Gasteiger partial charge in [-0.2, -0.15) is 0 Å². The van der Waals surface area contributed by atoms with Gasteiger partial charge in [-0.05, 0) is 25.1 Å². The van der Waals surface area contributed by atoms with Gasteiger partial charge >= 0.3 is 0 Å². The summed E-state index contributed by atoms with van der Waals surface area (Å²) in [7, 11) is 0. The maximum absolute atomic E-state index is 12.6. The van der Waals surface area contributed by atoms with Crippen molar-refractivity contribution < 1.29 is 18.7 Å². The molecule has 24 heavy (non-hydrogen) atoms. The van der Waals surface area contributed by atoms with E-state index in [-0.39, 0.29) is 13.2 Å². The van der Waals surface area contributed by atoms with Crippen molar-refractivity contribution in [2.24, 2.45) is 5.92 Å². The summed E-state index contributed by atoms with van der Waals surface area (Å²) < 4.78 is 23.7.